The fourth-order valence-electron chi connectivity index (χ4n) is 1.47. The van der Waals surface area contributed by atoms with Gasteiger partial charge in [-0.2, -0.15) is 11.3 Å². The van der Waals surface area contributed by atoms with E-state index >= 15 is 0 Å². The topological polar surface area (TPSA) is 66.4 Å². The molecule has 19 heavy (non-hydrogen) atoms. The lowest BCUT2D eigenvalue weighted by Crippen LogP contribution is -2.25. The van der Waals surface area contributed by atoms with Crippen molar-refractivity contribution in [3.05, 3.63) is 38.3 Å². The van der Waals surface area contributed by atoms with Gasteiger partial charge in [0.2, 0.25) is 10.0 Å². The maximum atomic E-state index is 11.9. The van der Waals surface area contributed by atoms with Gasteiger partial charge in [-0.15, -0.1) is 11.3 Å². The van der Waals surface area contributed by atoms with E-state index in [1.807, 2.05) is 16.8 Å². The molecule has 0 bridgehead atoms. The van der Waals surface area contributed by atoms with Crippen molar-refractivity contribution in [3.8, 4) is 0 Å². The van der Waals surface area contributed by atoms with Crippen LogP contribution in [0.15, 0.2) is 37.0 Å². The van der Waals surface area contributed by atoms with Gasteiger partial charge in [0.1, 0.15) is 4.21 Å². The number of aliphatic hydroxyl groups excluding tert-OH is 1. The molecule has 2 rings (SSSR count). The van der Waals surface area contributed by atoms with Gasteiger partial charge in [-0.1, -0.05) is 0 Å². The molecule has 104 valence electrons. The Morgan fingerprint density at radius 2 is 2.16 bits per heavy atom. The molecule has 2 aromatic heterocycles. The summed E-state index contributed by atoms with van der Waals surface area (Å²) in [5.74, 6) is 0. The fraction of sp³-hybridized carbons (Fsp3) is 0.273. The molecule has 4 nitrogen and oxygen atoms in total. The van der Waals surface area contributed by atoms with Crippen molar-refractivity contribution in [1.29, 1.82) is 0 Å². The third kappa shape index (κ3) is 4.11. The summed E-state index contributed by atoms with van der Waals surface area (Å²) in [5, 5.41) is 13.6. The number of hydrogen-bond donors (Lipinski definition) is 2. The van der Waals surface area contributed by atoms with Crippen molar-refractivity contribution in [2.75, 3.05) is 6.54 Å². The first kappa shape index (κ1) is 15.1. The minimum Gasteiger partial charge on any atom is -0.388 e. The van der Waals surface area contributed by atoms with Crippen molar-refractivity contribution in [2.24, 2.45) is 0 Å². The highest BCUT2D eigenvalue weighted by atomic mass is 79.9. The van der Waals surface area contributed by atoms with Gasteiger partial charge in [-0.3, -0.25) is 0 Å². The van der Waals surface area contributed by atoms with Crippen molar-refractivity contribution >= 4 is 48.6 Å². The standard InChI is InChI=1S/C11H12BrNO3S3/c12-10-1-2-11(18-10)19(15,16)13-5-3-9(14)8-4-6-17-7-8/h1-2,4,6-7,9,13-14H,3,5H2/t9-/m1/s1. The van der Waals surface area contributed by atoms with E-state index in [0.717, 1.165) is 20.7 Å². The molecule has 0 aliphatic rings. The average Bonchev–Trinajstić information content (AvgIpc) is 2.99. The van der Waals surface area contributed by atoms with Crippen LogP contribution < -0.4 is 4.72 Å². The maximum absolute atomic E-state index is 11.9. The summed E-state index contributed by atoms with van der Waals surface area (Å²) in [5.41, 5.74) is 0.822. The van der Waals surface area contributed by atoms with Crippen LogP contribution in [0.3, 0.4) is 0 Å². The van der Waals surface area contributed by atoms with E-state index in [2.05, 4.69) is 20.7 Å². The lowest BCUT2D eigenvalue weighted by molar-refractivity contribution is 0.169. The van der Waals surface area contributed by atoms with Gasteiger partial charge in [0.25, 0.3) is 0 Å². The molecule has 2 heterocycles. The summed E-state index contributed by atoms with van der Waals surface area (Å²) in [6, 6.07) is 5.08. The molecule has 1 atom stereocenters. The van der Waals surface area contributed by atoms with Gasteiger partial charge in [0, 0.05) is 6.54 Å². The van der Waals surface area contributed by atoms with Crippen LogP contribution >= 0.6 is 38.6 Å². The second kappa shape index (κ2) is 6.47. The van der Waals surface area contributed by atoms with Crippen LogP contribution in [0.4, 0.5) is 0 Å². The second-order valence-corrected chi connectivity index (χ2v) is 9.05. The monoisotopic (exact) mass is 381 g/mol. The van der Waals surface area contributed by atoms with Gasteiger partial charge < -0.3 is 5.11 Å². The molecule has 8 heteroatoms. The number of halogens is 1. The number of thiophene rings is 2. The summed E-state index contributed by atoms with van der Waals surface area (Å²) in [6.45, 7) is 0.203. The summed E-state index contributed by atoms with van der Waals surface area (Å²) < 4.78 is 27.3. The largest absolute Gasteiger partial charge is 0.388 e. The van der Waals surface area contributed by atoms with E-state index in [1.165, 1.54) is 11.3 Å². The predicted octanol–water partition coefficient (Wildman–Crippen LogP) is 2.97. The smallest absolute Gasteiger partial charge is 0.250 e. The van der Waals surface area contributed by atoms with E-state index < -0.39 is 16.1 Å². The van der Waals surface area contributed by atoms with E-state index in [0.29, 0.717) is 6.42 Å². The summed E-state index contributed by atoms with van der Waals surface area (Å²) in [7, 11) is -3.47. The van der Waals surface area contributed by atoms with E-state index in [-0.39, 0.29) is 10.8 Å². The van der Waals surface area contributed by atoms with Gasteiger partial charge in [0.15, 0.2) is 0 Å². The van der Waals surface area contributed by atoms with Crippen LogP contribution in [0.2, 0.25) is 0 Å². The number of hydrogen-bond acceptors (Lipinski definition) is 5. The van der Waals surface area contributed by atoms with Gasteiger partial charge in [-0.25, -0.2) is 13.1 Å². The zero-order chi connectivity index (χ0) is 13.9. The predicted molar refractivity (Wildman–Crippen MR) is 81.1 cm³/mol. The zero-order valence-corrected chi connectivity index (χ0v) is 13.8. The molecule has 0 saturated heterocycles. The van der Waals surface area contributed by atoms with Crippen molar-refractivity contribution in [2.45, 2.75) is 16.7 Å². The van der Waals surface area contributed by atoms with E-state index in [9.17, 15) is 13.5 Å². The zero-order valence-electron chi connectivity index (χ0n) is 9.74. The Kier molecular flexibility index (Phi) is 5.15. The number of aliphatic hydroxyl groups is 1. The number of nitrogens with one attached hydrogen (secondary N) is 1. The van der Waals surface area contributed by atoms with Crippen molar-refractivity contribution in [1.82, 2.24) is 4.72 Å². The van der Waals surface area contributed by atoms with Crippen LogP contribution in [0.1, 0.15) is 18.1 Å². The molecule has 2 aromatic rings. The van der Waals surface area contributed by atoms with Gasteiger partial charge in [-0.05, 0) is 56.9 Å². The number of rotatable bonds is 6. The fourth-order valence-corrected chi connectivity index (χ4v) is 5.28. The highest BCUT2D eigenvalue weighted by molar-refractivity contribution is 9.11. The van der Waals surface area contributed by atoms with Crippen molar-refractivity contribution < 1.29 is 13.5 Å². The Bertz CT molecular complexity index is 621. The molecular formula is C11H12BrNO3S3. The SMILES string of the molecule is O=S(=O)(NCC[C@@H](O)c1ccsc1)c1ccc(Br)s1. The molecule has 0 aliphatic carbocycles. The molecule has 0 radical (unpaired) electrons. The minimum absolute atomic E-state index is 0.203. The molecule has 0 amide bonds. The Morgan fingerprint density at radius 1 is 1.37 bits per heavy atom. The van der Waals surface area contributed by atoms with Gasteiger partial charge in [0.05, 0.1) is 9.89 Å². The van der Waals surface area contributed by atoms with Crippen LogP contribution in [0, 0.1) is 0 Å². The normalized spacial score (nSPS) is 13.6. The number of sulfonamides is 1. The lowest BCUT2D eigenvalue weighted by atomic mass is 10.1. The lowest BCUT2D eigenvalue weighted by Gasteiger charge is -2.09. The van der Waals surface area contributed by atoms with Crippen LogP contribution in [-0.4, -0.2) is 20.1 Å². The Balaban J connectivity index is 1.89. The Hall–Kier alpha value is -0.250. The quantitative estimate of drug-likeness (QED) is 0.807. The minimum atomic E-state index is -3.47. The van der Waals surface area contributed by atoms with Crippen molar-refractivity contribution in [3.63, 3.8) is 0 Å². The highest BCUT2D eigenvalue weighted by Gasteiger charge is 2.17. The first-order valence-electron chi connectivity index (χ1n) is 5.44. The Morgan fingerprint density at radius 3 is 2.74 bits per heavy atom. The van der Waals surface area contributed by atoms with Crippen LogP contribution in [0.5, 0.6) is 0 Å². The van der Waals surface area contributed by atoms with Crippen LogP contribution in [-0.2, 0) is 10.0 Å². The molecule has 0 aliphatic heterocycles. The summed E-state index contributed by atoms with van der Waals surface area (Å²) in [4.78, 5) is 0. The molecule has 2 N–H and O–H groups in total. The molecule has 0 aromatic carbocycles. The molecule has 0 fully saturated rings. The first-order valence-corrected chi connectivity index (χ1v) is 9.48. The molecule has 0 saturated carbocycles. The third-order valence-electron chi connectivity index (χ3n) is 2.45. The maximum Gasteiger partial charge on any atom is 0.250 e. The summed E-state index contributed by atoms with van der Waals surface area (Å²) >= 11 is 5.89. The second-order valence-electron chi connectivity index (χ2n) is 3.82. The summed E-state index contributed by atoms with van der Waals surface area (Å²) in [6.07, 6.45) is -0.285. The molecule has 0 spiro atoms. The average molecular weight is 382 g/mol. The molecular weight excluding hydrogens is 370 g/mol. The van der Waals surface area contributed by atoms with Crippen LogP contribution in [0.25, 0.3) is 0 Å². The van der Waals surface area contributed by atoms with E-state index in [1.54, 1.807) is 12.1 Å². The van der Waals surface area contributed by atoms with Gasteiger partial charge >= 0.3 is 0 Å². The van der Waals surface area contributed by atoms with E-state index in [4.69, 9.17) is 0 Å². The first-order chi connectivity index (χ1) is 8.99. The Labute approximate surface area is 128 Å². The highest BCUT2D eigenvalue weighted by Crippen LogP contribution is 2.26. The molecule has 0 unspecified atom stereocenters. The third-order valence-corrected chi connectivity index (χ3v) is 6.73.